The molecule has 1 saturated carbocycles. The number of hydrogen-bond donors (Lipinski definition) is 0. The quantitative estimate of drug-likeness (QED) is 0.599. The highest BCUT2D eigenvalue weighted by Gasteiger charge is 2.47. The second-order valence-corrected chi connectivity index (χ2v) is 5.25. The van der Waals surface area contributed by atoms with Crippen molar-refractivity contribution in [3.63, 3.8) is 0 Å². The minimum Gasteiger partial charge on any atom is -0.210 e. The molecule has 0 amide bonds. The summed E-state index contributed by atoms with van der Waals surface area (Å²) in [7, 11) is 0. The average Bonchev–Trinajstić information content (AvgIpc) is 1.75. The Morgan fingerprint density at radius 2 is 1.75 bits per heavy atom. The van der Waals surface area contributed by atoms with Crippen molar-refractivity contribution in [3.8, 4) is 0 Å². The second-order valence-electron chi connectivity index (χ2n) is 5.25. The standard InChI is InChI=1S/C10H18F2/c1-9(2,3)7-10(8(11)12)5-4-6-10/h8H,4-7H2,1-3H3. The van der Waals surface area contributed by atoms with Gasteiger partial charge in [-0.1, -0.05) is 27.2 Å². The van der Waals surface area contributed by atoms with Crippen LogP contribution < -0.4 is 0 Å². The summed E-state index contributed by atoms with van der Waals surface area (Å²) in [6, 6.07) is 0. The van der Waals surface area contributed by atoms with E-state index in [4.69, 9.17) is 0 Å². The molecule has 2 heteroatoms. The lowest BCUT2D eigenvalue weighted by Gasteiger charge is -2.45. The summed E-state index contributed by atoms with van der Waals surface area (Å²) in [5.41, 5.74) is -0.588. The monoisotopic (exact) mass is 176 g/mol. The molecule has 0 atom stereocenters. The van der Waals surface area contributed by atoms with E-state index in [1.807, 2.05) is 20.8 Å². The van der Waals surface area contributed by atoms with Crippen molar-refractivity contribution >= 4 is 0 Å². The van der Waals surface area contributed by atoms with Crippen LogP contribution in [-0.2, 0) is 0 Å². The fourth-order valence-electron chi connectivity index (χ4n) is 2.16. The van der Waals surface area contributed by atoms with Gasteiger partial charge in [-0.05, 0) is 24.7 Å². The maximum Gasteiger partial charge on any atom is 0.244 e. The molecule has 1 fully saturated rings. The van der Waals surface area contributed by atoms with Crippen LogP contribution in [-0.4, -0.2) is 6.43 Å². The lowest BCUT2D eigenvalue weighted by atomic mass is 9.62. The molecule has 0 N–H and O–H groups in total. The average molecular weight is 176 g/mol. The predicted molar refractivity (Wildman–Crippen MR) is 46.4 cm³/mol. The van der Waals surface area contributed by atoms with Crippen LogP contribution in [0.5, 0.6) is 0 Å². The molecule has 0 radical (unpaired) electrons. The number of halogens is 2. The van der Waals surface area contributed by atoms with Crippen LogP contribution in [0.3, 0.4) is 0 Å². The third-order valence-corrected chi connectivity index (χ3v) is 2.69. The molecule has 0 heterocycles. The zero-order valence-electron chi connectivity index (χ0n) is 8.16. The zero-order valence-corrected chi connectivity index (χ0v) is 8.16. The van der Waals surface area contributed by atoms with E-state index in [2.05, 4.69) is 0 Å². The molecule has 1 aliphatic carbocycles. The lowest BCUT2D eigenvalue weighted by Crippen LogP contribution is -2.40. The van der Waals surface area contributed by atoms with E-state index < -0.39 is 11.8 Å². The predicted octanol–water partition coefficient (Wildman–Crippen LogP) is 3.86. The number of alkyl halides is 2. The smallest absolute Gasteiger partial charge is 0.210 e. The highest BCUT2D eigenvalue weighted by atomic mass is 19.3. The van der Waals surface area contributed by atoms with E-state index in [0.717, 1.165) is 19.3 Å². The van der Waals surface area contributed by atoms with Gasteiger partial charge < -0.3 is 0 Å². The molecule has 0 unspecified atom stereocenters. The zero-order chi connectivity index (χ0) is 9.41. The minimum atomic E-state index is -2.12. The molecule has 0 aliphatic heterocycles. The molecule has 0 saturated heterocycles. The van der Waals surface area contributed by atoms with E-state index in [1.54, 1.807) is 0 Å². The fraction of sp³-hybridized carbons (Fsp3) is 1.00. The van der Waals surface area contributed by atoms with Gasteiger partial charge in [-0.25, -0.2) is 8.78 Å². The largest absolute Gasteiger partial charge is 0.244 e. The van der Waals surface area contributed by atoms with Crippen molar-refractivity contribution < 1.29 is 8.78 Å². The van der Waals surface area contributed by atoms with Crippen molar-refractivity contribution in [1.82, 2.24) is 0 Å². The molecule has 72 valence electrons. The van der Waals surface area contributed by atoms with Crippen molar-refractivity contribution in [2.75, 3.05) is 0 Å². The first-order valence-corrected chi connectivity index (χ1v) is 4.64. The Hall–Kier alpha value is -0.140. The van der Waals surface area contributed by atoms with E-state index in [-0.39, 0.29) is 5.41 Å². The van der Waals surface area contributed by atoms with E-state index in [9.17, 15) is 8.78 Å². The van der Waals surface area contributed by atoms with Gasteiger partial charge in [-0.15, -0.1) is 0 Å². The first kappa shape index (κ1) is 9.94. The summed E-state index contributed by atoms with van der Waals surface area (Å²) in [5.74, 6) is 0. The Kier molecular flexibility index (Phi) is 2.46. The summed E-state index contributed by atoms with van der Waals surface area (Å²) >= 11 is 0. The Labute approximate surface area is 73.3 Å². The Morgan fingerprint density at radius 1 is 1.25 bits per heavy atom. The normalized spacial score (nSPS) is 22.5. The topological polar surface area (TPSA) is 0 Å². The van der Waals surface area contributed by atoms with Crippen LogP contribution in [0.25, 0.3) is 0 Å². The molecule has 0 nitrogen and oxygen atoms in total. The van der Waals surface area contributed by atoms with Crippen LogP contribution >= 0.6 is 0 Å². The Morgan fingerprint density at radius 3 is 1.83 bits per heavy atom. The second kappa shape index (κ2) is 2.97. The van der Waals surface area contributed by atoms with Gasteiger partial charge >= 0.3 is 0 Å². The highest BCUT2D eigenvalue weighted by molar-refractivity contribution is 4.92. The van der Waals surface area contributed by atoms with Gasteiger partial charge in [0.1, 0.15) is 0 Å². The van der Waals surface area contributed by atoms with Crippen molar-refractivity contribution in [2.24, 2.45) is 10.8 Å². The molecule has 1 rings (SSSR count). The van der Waals surface area contributed by atoms with E-state index in [1.165, 1.54) is 0 Å². The molecule has 1 aliphatic rings. The van der Waals surface area contributed by atoms with E-state index >= 15 is 0 Å². The highest BCUT2D eigenvalue weighted by Crippen LogP contribution is 2.52. The van der Waals surface area contributed by atoms with Crippen LogP contribution in [0.1, 0.15) is 46.5 Å². The summed E-state index contributed by atoms with van der Waals surface area (Å²) in [6.45, 7) is 6.11. The van der Waals surface area contributed by atoms with Crippen LogP contribution in [0.4, 0.5) is 8.78 Å². The summed E-state index contributed by atoms with van der Waals surface area (Å²) < 4.78 is 25.3. The van der Waals surface area contributed by atoms with Crippen molar-refractivity contribution in [1.29, 1.82) is 0 Å². The first-order valence-electron chi connectivity index (χ1n) is 4.64. The van der Waals surface area contributed by atoms with Gasteiger partial charge in [0.25, 0.3) is 0 Å². The number of hydrogen-bond acceptors (Lipinski definition) is 0. The third-order valence-electron chi connectivity index (χ3n) is 2.69. The maximum absolute atomic E-state index is 12.7. The van der Waals surface area contributed by atoms with Gasteiger partial charge in [0.05, 0.1) is 0 Å². The Balaban J connectivity index is 2.57. The molecular weight excluding hydrogens is 158 g/mol. The van der Waals surface area contributed by atoms with Crippen molar-refractivity contribution in [3.05, 3.63) is 0 Å². The van der Waals surface area contributed by atoms with Crippen LogP contribution in [0.2, 0.25) is 0 Å². The minimum absolute atomic E-state index is 0.0385. The maximum atomic E-state index is 12.7. The Bertz CT molecular complexity index is 152. The number of rotatable bonds is 2. The van der Waals surface area contributed by atoms with Gasteiger partial charge in [-0.2, -0.15) is 0 Å². The molecule has 0 aromatic carbocycles. The van der Waals surface area contributed by atoms with Gasteiger partial charge in [0, 0.05) is 5.41 Å². The third kappa shape index (κ3) is 1.96. The van der Waals surface area contributed by atoms with Gasteiger partial charge in [0.15, 0.2) is 0 Å². The summed E-state index contributed by atoms with van der Waals surface area (Å²) in [5, 5.41) is 0. The van der Waals surface area contributed by atoms with E-state index in [0.29, 0.717) is 6.42 Å². The molecule has 0 aromatic rings. The fourth-order valence-corrected chi connectivity index (χ4v) is 2.16. The van der Waals surface area contributed by atoms with Crippen molar-refractivity contribution in [2.45, 2.75) is 52.9 Å². The molecule has 0 aromatic heterocycles. The lowest BCUT2D eigenvalue weighted by molar-refractivity contribution is -0.0840. The molecule has 12 heavy (non-hydrogen) atoms. The van der Waals surface area contributed by atoms with Crippen LogP contribution in [0, 0.1) is 10.8 Å². The van der Waals surface area contributed by atoms with Crippen LogP contribution in [0.15, 0.2) is 0 Å². The molecule has 0 spiro atoms. The summed E-state index contributed by atoms with van der Waals surface area (Å²) in [6.07, 6.45) is 0.979. The molecule has 0 bridgehead atoms. The van der Waals surface area contributed by atoms with Gasteiger partial charge in [0.2, 0.25) is 6.43 Å². The van der Waals surface area contributed by atoms with Gasteiger partial charge in [-0.3, -0.25) is 0 Å². The summed E-state index contributed by atoms with van der Waals surface area (Å²) in [4.78, 5) is 0. The molecular formula is C10H18F2. The SMILES string of the molecule is CC(C)(C)CC1(C(F)F)CCC1. The first-order chi connectivity index (χ1) is 5.36.